The van der Waals surface area contributed by atoms with Crippen LogP contribution in [0.3, 0.4) is 0 Å². The summed E-state index contributed by atoms with van der Waals surface area (Å²) in [6.45, 7) is 1.88. The van der Waals surface area contributed by atoms with Gasteiger partial charge < -0.3 is 0 Å². The van der Waals surface area contributed by atoms with Crippen LogP contribution < -0.4 is 0 Å². The fourth-order valence-corrected chi connectivity index (χ4v) is 2.64. The van der Waals surface area contributed by atoms with Crippen molar-refractivity contribution in [1.29, 1.82) is 5.26 Å². The molecule has 13 heavy (non-hydrogen) atoms. The zero-order valence-electron chi connectivity index (χ0n) is 7.89. The van der Waals surface area contributed by atoms with Crippen molar-refractivity contribution in [3.05, 3.63) is 11.1 Å². The first kappa shape index (κ1) is 8.50. The van der Waals surface area contributed by atoms with Crippen molar-refractivity contribution in [3.63, 3.8) is 0 Å². The molecule has 0 N–H and O–H groups in total. The van der Waals surface area contributed by atoms with E-state index in [2.05, 4.69) is 6.07 Å². The van der Waals surface area contributed by atoms with Gasteiger partial charge in [-0.3, -0.25) is 4.79 Å². The summed E-state index contributed by atoms with van der Waals surface area (Å²) in [5.41, 5.74) is 1.77. The third kappa shape index (κ3) is 1.03. The number of rotatable bonds is 0. The molecule has 0 spiro atoms. The van der Waals surface area contributed by atoms with Crippen molar-refractivity contribution in [2.75, 3.05) is 0 Å². The molecule has 1 fully saturated rings. The van der Waals surface area contributed by atoms with Gasteiger partial charge in [-0.25, -0.2) is 0 Å². The van der Waals surface area contributed by atoms with Crippen LogP contribution in [-0.4, -0.2) is 5.78 Å². The van der Waals surface area contributed by atoms with Crippen LogP contribution in [0.15, 0.2) is 11.1 Å². The third-order valence-electron chi connectivity index (χ3n) is 3.47. The van der Waals surface area contributed by atoms with Gasteiger partial charge >= 0.3 is 0 Å². The summed E-state index contributed by atoms with van der Waals surface area (Å²) in [6, 6.07) is 2.42. The monoisotopic (exact) mass is 175 g/mol. The number of hydrogen-bond donors (Lipinski definition) is 0. The van der Waals surface area contributed by atoms with Crippen LogP contribution in [0.1, 0.15) is 39.0 Å². The van der Waals surface area contributed by atoms with E-state index in [-0.39, 0.29) is 11.2 Å². The van der Waals surface area contributed by atoms with E-state index in [4.69, 9.17) is 5.26 Å². The van der Waals surface area contributed by atoms with Gasteiger partial charge in [0.1, 0.15) is 0 Å². The Kier molecular flexibility index (Phi) is 1.76. The SMILES string of the molecule is CC1=C2CCCC2(C#N)CCC1=O. The molecule has 1 unspecified atom stereocenters. The smallest absolute Gasteiger partial charge is 0.158 e. The molecule has 0 saturated heterocycles. The average Bonchev–Trinajstić information content (AvgIpc) is 2.57. The molecule has 1 atom stereocenters. The van der Waals surface area contributed by atoms with E-state index in [1.54, 1.807) is 0 Å². The van der Waals surface area contributed by atoms with E-state index >= 15 is 0 Å². The zero-order valence-corrected chi connectivity index (χ0v) is 7.89. The Hall–Kier alpha value is -1.10. The van der Waals surface area contributed by atoms with E-state index in [1.807, 2.05) is 6.92 Å². The molecule has 2 nitrogen and oxygen atoms in total. The highest BCUT2D eigenvalue weighted by Gasteiger charge is 2.43. The molecule has 0 radical (unpaired) electrons. The summed E-state index contributed by atoms with van der Waals surface area (Å²) in [4.78, 5) is 11.4. The first-order chi connectivity index (χ1) is 6.19. The van der Waals surface area contributed by atoms with Gasteiger partial charge in [-0.2, -0.15) is 5.26 Å². The summed E-state index contributed by atoms with van der Waals surface area (Å²) in [6.07, 6.45) is 4.33. The fourth-order valence-electron chi connectivity index (χ4n) is 2.64. The molecule has 0 aromatic rings. The molecular weight excluding hydrogens is 162 g/mol. The van der Waals surface area contributed by atoms with Crippen molar-refractivity contribution in [3.8, 4) is 6.07 Å². The summed E-state index contributed by atoms with van der Waals surface area (Å²) < 4.78 is 0. The molecule has 0 aromatic heterocycles. The van der Waals surface area contributed by atoms with E-state index in [0.29, 0.717) is 6.42 Å². The lowest BCUT2D eigenvalue weighted by Gasteiger charge is -2.28. The molecular formula is C11H13NO. The Bertz CT molecular complexity index is 334. The van der Waals surface area contributed by atoms with Crippen molar-refractivity contribution in [1.82, 2.24) is 0 Å². The highest BCUT2D eigenvalue weighted by atomic mass is 16.1. The van der Waals surface area contributed by atoms with Gasteiger partial charge in [0, 0.05) is 6.42 Å². The predicted octanol–water partition coefficient (Wildman–Crippen LogP) is 2.36. The Morgan fingerprint density at radius 3 is 2.85 bits per heavy atom. The minimum atomic E-state index is -0.252. The van der Waals surface area contributed by atoms with E-state index < -0.39 is 0 Å². The molecule has 68 valence electrons. The normalized spacial score (nSPS) is 33.1. The zero-order chi connectivity index (χ0) is 9.47. The number of allylic oxidation sites excluding steroid dienone is 2. The summed E-state index contributed by atoms with van der Waals surface area (Å²) >= 11 is 0. The lowest BCUT2D eigenvalue weighted by molar-refractivity contribution is -0.116. The molecule has 2 aliphatic rings. The van der Waals surface area contributed by atoms with Crippen molar-refractivity contribution in [2.24, 2.45) is 5.41 Å². The lowest BCUT2D eigenvalue weighted by atomic mass is 9.72. The largest absolute Gasteiger partial charge is 0.295 e. The number of ketones is 1. The maximum Gasteiger partial charge on any atom is 0.158 e. The van der Waals surface area contributed by atoms with Crippen LogP contribution in [0, 0.1) is 16.7 Å². The molecule has 0 bridgehead atoms. The average molecular weight is 175 g/mol. The standard InChI is InChI=1S/C11H13NO/c1-8-9-3-2-5-11(9,7-12)6-4-10(8)13/h2-6H2,1H3. The Labute approximate surface area is 78.2 Å². The maximum absolute atomic E-state index is 11.4. The summed E-state index contributed by atoms with van der Waals surface area (Å²) in [5.74, 6) is 0.253. The van der Waals surface area contributed by atoms with E-state index in [0.717, 1.165) is 36.8 Å². The molecule has 2 heteroatoms. The number of nitrogens with zero attached hydrogens (tertiary/aromatic N) is 1. The number of Topliss-reactive ketones (excluding diaryl/α,β-unsaturated/α-hetero) is 1. The van der Waals surface area contributed by atoms with Gasteiger partial charge in [0.25, 0.3) is 0 Å². The fraction of sp³-hybridized carbons (Fsp3) is 0.636. The minimum absolute atomic E-state index is 0.252. The van der Waals surface area contributed by atoms with Crippen LogP contribution in [0.5, 0.6) is 0 Å². The lowest BCUT2D eigenvalue weighted by Crippen LogP contribution is -2.25. The van der Waals surface area contributed by atoms with Crippen LogP contribution >= 0.6 is 0 Å². The Morgan fingerprint density at radius 2 is 2.15 bits per heavy atom. The molecule has 0 aliphatic heterocycles. The first-order valence-corrected chi connectivity index (χ1v) is 4.84. The first-order valence-electron chi connectivity index (χ1n) is 4.84. The molecule has 0 amide bonds. The van der Waals surface area contributed by atoms with Crippen LogP contribution in [0.4, 0.5) is 0 Å². The highest BCUT2D eigenvalue weighted by Crippen LogP contribution is 2.50. The topological polar surface area (TPSA) is 40.9 Å². The minimum Gasteiger partial charge on any atom is -0.295 e. The quantitative estimate of drug-likeness (QED) is 0.567. The van der Waals surface area contributed by atoms with Gasteiger partial charge in [0.2, 0.25) is 0 Å². The van der Waals surface area contributed by atoms with E-state index in [9.17, 15) is 4.79 Å². The summed E-state index contributed by atoms with van der Waals surface area (Å²) in [5, 5.41) is 9.16. The summed E-state index contributed by atoms with van der Waals surface area (Å²) in [7, 11) is 0. The predicted molar refractivity (Wildman–Crippen MR) is 48.8 cm³/mol. The Balaban J connectivity index is 2.52. The number of carbonyl (C=O) groups excluding carboxylic acids is 1. The third-order valence-corrected chi connectivity index (χ3v) is 3.47. The molecule has 0 heterocycles. The highest BCUT2D eigenvalue weighted by molar-refractivity contribution is 5.97. The molecule has 2 aliphatic carbocycles. The van der Waals surface area contributed by atoms with Gasteiger partial charge in [-0.05, 0) is 43.8 Å². The Morgan fingerprint density at radius 1 is 1.38 bits per heavy atom. The number of hydrogen-bond acceptors (Lipinski definition) is 2. The van der Waals surface area contributed by atoms with Crippen LogP contribution in [-0.2, 0) is 4.79 Å². The number of fused-ring (bicyclic) bond motifs is 1. The second-order valence-electron chi connectivity index (χ2n) is 4.07. The van der Waals surface area contributed by atoms with Crippen LogP contribution in [0.25, 0.3) is 0 Å². The second-order valence-corrected chi connectivity index (χ2v) is 4.07. The molecule has 0 aromatic carbocycles. The van der Waals surface area contributed by atoms with Gasteiger partial charge in [-0.15, -0.1) is 0 Å². The second kappa shape index (κ2) is 2.70. The van der Waals surface area contributed by atoms with Crippen molar-refractivity contribution in [2.45, 2.75) is 39.0 Å². The van der Waals surface area contributed by atoms with Crippen molar-refractivity contribution >= 4 is 5.78 Å². The van der Waals surface area contributed by atoms with Gasteiger partial charge in [-0.1, -0.05) is 0 Å². The van der Waals surface area contributed by atoms with Crippen LogP contribution in [0.2, 0.25) is 0 Å². The van der Waals surface area contributed by atoms with E-state index in [1.165, 1.54) is 0 Å². The maximum atomic E-state index is 11.4. The number of nitriles is 1. The van der Waals surface area contributed by atoms with Gasteiger partial charge in [0.15, 0.2) is 5.78 Å². The molecule has 2 rings (SSSR count). The van der Waals surface area contributed by atoms with Gasteiger partial charge in [0.05, 0.1) is 11.5 Å². The molecule has 1 saturated carbocycles. The van der Waals surface area contributed by atoms with Crippen molar-refractivity contribution < 1.29 is 4.79 Å². The number of carbonyl (C=O) groups is 1.